The lowest BCUT2D eigenvalue weighted by molar-refractivity contribution is 0.0384. The number of rotatable bonds is 9. The molecule has 7 nitrogen and oxygen atoms in total. The Morgan fingerprint density at radius 3 is 2.58 bits per heavy atom. The van der Waals surface area contributed by atoms with Crippen LogP contribution in [0.25, 0.3) is 0 Å². The second-order valence-corrected chi connectivity index (χ2v) is 9.28. The zero-order valence-electron chi connectivity index (χ0n) is 19.5. The molecule has 1 aromatic carbocycles. The minimum absolute atomic E-state index is 0.00988. The zero-order chi connectivity index (χ0) is 23.4. The molecule has 7 heteroatoms. The van der Waals surface area contributed by atoms with Crippen LogP contribution in [-0.2, 0) is 17.7 Å². The molecule has 2 fully saturated rings. The van der Waals surface area contributed by atoms with Crippen molar-refractivity contribution in [3.05, 3.63) is 69.1 Å². The van der Waals surface area contributed by atoms with Gasteiger partial charge in [0.05, 0.1) is 19.8 Å². The van der Waals surface area contributed by atoms with Gasteiger partial charge in [-0.25, -0.2) is 0 Å². The third-order valence-electron chi connectivity index (χ3n) is 6.77. The molecular formula is C26H33N3O4. The van der Waals surface area contributed by atoms with E-state index in [0.29, 0.717) is 30.4 Å². The van der Waals surface area contributed by atoms with Crippen LogP contribution in [0.2, 0.25) is 0 Å². The molecule has 1 aromatic heterocycles. The van der Waals surface area contributed by atoms with Gasteiger partial charge in [0.15, 0.2) is 5.78 Å². The van der Waals surface area contributed by atoms with Gasteiger partial charge in [0.1, 0.15) is 5.56 Å². The highest BCUT2D eigenvalue weighted by Crippen LogP contribution is 2.41. The summed E-state index contributed by atoms with van der Waals surface area (Å²) in [6.07, 6.45) is 4.06. The van der Waals surface area contributed by atoms with Crippen LogP contribution in [0.15, 0.2) is 41.3 Å². The van der Waals surface area contributed by atoms with Gasteiger partial charge < -0.3 is 14.6 Å². The van der Waals surface area contributed by atoms with Crippen molar-refractivity contribution in [2.45, 2.75) is 32.7 Å². The number of benzene rings is 1. The van der Waals surface area contributed by atoms with Gasteiger partial charge in [-0.05, 0) is 41.9 Å². The van der Waals surface area contributed by atoms with Gasteiger partial charge in [0, 0.05) is 44.9 Å². The van der Waals surface area contributed by atoms with E-state index in [1.54, 1.807) is 6.20 Å². The lowest BCUT2D eigenvalue weighted by Gasteiger charge is -2.26. The molecule has 4 rings (SSSR count). The van der Waals surface area contributed by atoms with Gasteiger partial charge >= 0.3 is 0 Å². The van der Waals surface area contributed by atoms with Gasteiger partial charge in [0.25, 0.3) is 11.5 Å². The molecule has 33 heavy (non-hydrogen) atoms. The number of ketones is 1. The van der Waals surface area contributed by atoms with Crippen LogP contribution in [0.1, 0.15) is 51.6 Å². The number of hydrogen-bond acceptors (Lipinski definition) is 5. The van der Waals surface area contributed by atoms with Crippen molar-refractivity contribution in [2.75, 3.05) is 39.9 Å². The number of carbonyl (C=O) groups is 2. The molecule has 1 amide bonds. The number of amides is 1. The van der Waals surface area contributed by atoms with E-state index in [4.69, 9.17) is 4.74 Å². The van der Waals surface area contributed by atoms with Crippen molar-refractivity contribution >= 4 is 11.7 Å². The van der Waals surface area contributed by atoms with Gasteiger partial charge in [0.2, 0.25) is 0 Å². The van der Waals surface area contributed by atoms with Crippen LogP contribution in [-0.4, -0.2) is 61.1 Å². The third-order valence-corrected chi connectivity index (χ3v) is 6.77. The number of hydrogen-bond donors (Lipinski definition) is 1. The van der Waals surface area contributed by atoms with E-state index < -0.39 is 5.91 Å². The summed E-state index contributed by atoms with van der Waals surface area (Å²) in [4.78, 5) is 40.6. The fourth-order valence-electron chi connectivity index (χ4n) is 4.43. The molecule has 1 aliphatic carbocycles. The summed E-state index contributed by atoms with van der Waals surface area (Å²) in [5.74, 6) is 0.493. The first-order chi connectivity index (χ1) is 15.9. The Hall–Kier alpha value is -2.77. The normalized spacial score (nSPS) is 20.4. The van der Waals surface area contributed by atoms with Gasteiger partial charge in [-0.3, -0.25) is 19.3 Å². The van der Waals surface area contributed by atoms with E-state index in [1.807, 2.05) is 12.1 Å². The topological polar surface area (TPSA) is 80.6 Å². The van der Waals surface area contributed by atoms with Crippen LogP contribution >= 0.6 is 0 Å². The van der Waals surface area contributed by atoms with Crippen molar-refractivity contribution < 1.29 is 14.3 Å². The number of ether oxygens (including phenoxy) is 1. The van der Waals surface area contributed by atoms with Crippen molar-refractivity contribution in [1.29, 1.82) is 0 Å². The summed E-state index contributed by atoms with van der Waals surface area (Å²) in [6, 6.07) is 9.63. The predicted octanol–water partition coefficient (Wildman–Crippen LogP) is 2.36. The number of morpholine rings is 1. The lowest BCUT2D eigenvalue weighted by atomic mass is 10.0. The molecular weight excluding hydrogens is 418 g/mol. The Morgan fingerprint density at radius 2 is 1.88 bits per heavy atom. The fraction of sp³-hybridized carbons (Fsp3) is 0.500. The molecule has 1 aliphatic heterocycles. The Bertz CT molecular complexity index is 1070. The zero-order valence-corrected chi connectivity index (χ0v) is 19.5. The molecule has 1 saturated heterocycles. The molecule has 2 aliphatic rings. The molecule has 1 N–H and O–H groups in total. The van der Waals surface area contributed by atoms with E-state index >= 15 is 0 Å². The maximum atomic E-state index is 13.0. The van der Waals surface area contributed by atoms with Gasteiger partial charge in [-0.15, -0.1) is 0 Å². The number of Topliss-reactive ketones (excluding diaryl/α,β-unsaturated/α-hetero) is 1. The highest BCUT2D eigenvalue weighted by molar-refractivity contribution is 6.00. The Balaban J connectivity index is 1.53. The second-order valence-electron chi connectivity index (χ2n) is 9.28. The highest BCUT2D eigenvalue weighted by atomic mass is 16.5. The van der Waals surface area contributed by atoms with Gasteiger partial charge in [-0.1, -0.05) is 31.2 Å². The first kappa shape index (κ1) is 23.4. The van der Waals surface area contributed by atoms with Crippen molar-refractivity contribution in [1.82, 2.24) is 14.8 Å². The quantitative estimate of drug-likeness (QED) is 0.592. The van der Waals surface area contributed by atoms with Crippen LogP contribution in [0, 0.1) is 11.8 Å². The van der Waals surface area contributed by atoms with Crippen LogP contribution < -0.4 is 10.9 Å². The van der Waals surface area contributed by atoms with Crippen LogP contribution in [0.4, 0.5) is 0 Å². The first-order valence-electron chi connectivity index (χ1n) is 11.8. The van der Waals surface area contributed by atoms with E-state index in [0.717, 1.165) is 51.3 Å². The summed E-state index contributed by atoms with van der Waals surface area (Å²) < 4.78 is 6.91. The minimum atomic E-state index is -0.470. The van der Waals surface area contributed by atoms with E-state index in [2.05, 4.69) is 29.3 Å². The minimum Gasteiger partial charge on any atom is -0.379 e. The van der Waals surface area contributed by atoms with E-state index in [1.165, 1.54) is 23.2 Å². The molecule has 2 aromatic rings. The van der Waals surface area contributed by atoms with Crippen LogP contribution in [0.5, 0.6) is 0 Å². The standard InChI is InChI=1S/C26H33N3O4/c1-18-12-21(18)15-24(30)22-14-23(25(31)27-2)26(32)29(17-22)16-20-5-3-4-19(13-20)6-7-28-8-10-33-11-9-28/h3-5,13-14,17-18,21H,6-12,15-16H2,1-2H3,(H,27,31)/t18-,21+/m0/s1. The lowest BCUT2D eigenvalue weighted by Crippen LogP contribution is -2.37. The number of aromatic nitrogens is 1. The maximum Gasteiger partial charge on any atom is 0.263 e. The Morgan fingerprint density at radius 1 is 1.15 bits per heavy atom. The molecule has 0 unspecified atom stereocenters. The van der Waals surface area contributed by atoms with Crippen molar-refractivity contribution in [3.63, 3.8) is 0 Å². The number of nitrogens with one attached hydrogen (secondary N) is 1. The summed E-state index contributed by atoms with van der Waals surface area (Å²) >= 11 is 0. The average Bonchev–Trinajstić information content (AvgIpc) is 3.53. The molecule has 2 atom stereocenters. The molecule has 0 radical (unpaired) electrons. The average molecular weight is 452 g/mol. The molecule has 0 spiro atoms. The highest BCUT2D eigenvalue weighted by Gasteiger charge is 2.34. The van der Waals surface area contributed by atoms with Crippen LogP contribution in [0.3, 0.4) is 0 Å². The Kier molecular flexibility index (Phi) is 7.40. The summed E-state index contributed by atoms with van der Waals surface area (Å²) in [5, 5.41) is 2.52. The summed E-state index contributed by atoms with van der Waals surface area (Å²) in [6.45, 7) is 6.90. The second kappa shape index (κ2) is 10.4. The van der Waals surface area contributed by atoms with E-state index in [-0.39, 0.29) is 16.9 Å². The SMILES string of the molecule is CNC(=O)c1cc(C(=O)C[C@H]2C[C@@H]2C)cn(Cc2cccc(CCN3CCOCC3)c2)c1=O. The molecule has 1 saturated carbocycles. The molecule has 0 bridgehead atoms. The maximum absolute atomic E-state index is 13.0. The monoisotopic (exact) mass is 451 g/mol. The van der Waals surface area contributed by atoms with Crippen molar-refractivity contribution in [3.8, 4) is 0 Å². The molecule has 176 valence electrons. The smallest absolute Gasteiger partial charge is 0.263 e. The summed E-state index contributed by atoms with van der Waals surface area (Å²) in [5.41, 5.74) is 2.23. The molecule has 2 heterocycles. The fourth-order valence-corrected chi connectivity index (χ4v) is 4.43. The Labute approximate surface area is 194 Å². The number of carbonyl (C=O) groups excluding carboxylic acids is 2. The largest absolute Gasteiger partial charge is 0.379 e. The third kappa shape index (κ3) is 5.97. The predicted molar refractivity (Wildman–Crippen MR) is 127 cm³/mol. The number of nitrogens with zero attached hydrogens (tertiary/aromatic N) is 2. The first-order valence-corrected chi connectivity index (χ1v) is 11.8. The van der Waals surface area contributed by atoms with E-state index in [9.17, 15) is 14.4 Å². The van der Waals surface area contributed by atoms with Gasteiger partial charge in [-0.2, -0.15) is 0 Å². The number of pyridine rings is 1. The van der Waals surface area contributed by atoms with Crippen molar-refractivity contribution in [2.24, 2.45) is 11.8 Å². The summed E-state index contributed by atoms with van der Waals surface area (Å²) in [7, 11) is 1.49.